The highest BCUT2D eigenvalue weighted by atomic mass is 16.5. The summed E-state index contributed by atoms with van der Waals surface area (Å²) in [5.74, 6) is 0.734. The molecule has 4 heteroatoms. The summed E-state index contributed by atoms with van der Waals surface area (Å²) < 4.78 is 5.57. The number of nitrogens with one attached hydrogen (secondary N) is 1. The Morgan fingerprint density at radius 2 is 2.22 bits per heavy atom. The monoisotopic (exact) mass is 252 g/mol. The molecule has 1 unspecified atom stereocenters. The summed E-state index contributed by atoms with van der Waals surface area (Å²) in [6.07, 6.45) is 2.42. The lowest BCUT2D eigenvalue weighted by Crippen LogP contribution is -2.08. The molecule has 0 aromatic heterocycles. The first-order chi connectivity index (χ1) is 8.65. The van der Waals surface area contributed by atoms with Crippen molar-refractivity contribution >= 4 is 11.4 Å². The molecule has 4 N–H and O–H groups in total. The maximum absolute atomic E-state index is 9.17. The van der Waals surface area contributed by atoms with Gasteiger partial charge in [0.2, 0.25) is 0 Å². The number of nitrogen functional groups attached to an aromatic ring is 1. The number of aliphatic hydroxyl groups excluding tert-OH is 1. The van der Waals surface area contributed by atoms with Crippen molar-refractivity contribution in [3.8, 4) is 5.75 Å². The number of anilines is 2. The number of para-hydroxylation sites is 1. The van der Waals surface area contributed by atoms with Gasteiger partial charge in [0.1, 0.15) is 5.75 Å². The molecular weight excluding hydrogens is 228 g/mol. The molecule has 0 amide bonds. The van der Waals surface area contributed by atoms with Crippen LogP contribution in [0.5, 0.6) is 5.75 Å². The summed E-state index contributed by atoms with van der Waals surface area (Å²) in [5, 5.41) is 12.4. The van der Waals surface area contributed by atoms with Crippen LogP contribution in [0.4, 0.5) is 11.4 Å². The van der Waals surface area contributed by atoms with Crippen LogP contribution in [-0.2, 0) is 0 Å². The van der Waals surface area contributed by atoms with Gasteiger partial charge in [-0.15, -0.1) is 0 Å². The predicted molar refractivity (Wildman–Crippen MR) is 76.0 cm³/mol. The maximum atomic E-state index is 9.17. The van der Waals surface area contributed by atoms with Crippen LogP contribution in [0.2, 0.25) is 0 Å². The van der Waals surface area contributed by atoms with Crippen molar-refractivity contribution in [2.45, 2.75) is 39.2 Å². The third-order valence-electron chi connectivity index (χ3n) is 2.64. The van der Waals surface area contributed by atoms with Crippen molar-refractivity contribution < 1.29 is 9.84 Å². The highest BCUT2D eigenvalue weighted by Gasteiger charge is 2.05. The van der Waals surface area contributed by atoms with Crippen molar-refractivity contribution in [3.63, 3.8) is 0 Å². The first kappa shape index (κ1) is 14.6. The molecule has 0 aliphatic carbocycles. The molecule has 1 atom stereocenters. The third kappa shape index (κ3) is 4.84. The van der Waals surface area contributed by atoms with E-state index in [9.17, 15) is 5.11 Å². The van der Waals surface area contributed by atoms with E-state index in [4.69, 9.17) is 10.5 Å². The Balaban J connectivity index is 2.49. The highest BCUT2D eigenvalue weighted by Crippen LogP contribution is 2.29. The van der Waals surface area contributed by atoms with E-state index in [1.54, 1.807) is 6.92 Å². The summed E-state index contributed by atoms with van der Waals surface area (Å²) in [6.45, 7) is 5.34. The summed E-state index contributed by atoms with van der Waals surface area (Å²) >= 11 is 0. The lowest BCUT2D eigenvalue weighted by molar-refractivity contribution is 0.183. The summed E-state index contributed by atoms with van der Waals surface area (Å²) in [7, 11) is 0. The molecule has 0 aliphatic heterocycles. The smallest absolute Gasteiger partial charge is 0.144 e. The first-order valence-corrected chi connectivity index (χ1v) is 6.58. The zero-order valence-corrected chi connectivity index (χ0v) is 11.3. The molecule has 0 radical (unpaired) electrons. The second kappa shape index (κ2) is 7.82. The molecule has 0 fully saturated rings. The predicted octanol–water partition coefficient (Wildman–Crippen LogP) is 2.63. The van der Waals surface area contributed by atoms with Crippen LogP contribution in [0.15, 0.2) is 18.2 Å². The average molecular weight is 252 g/mol. The molecule has 0 saturated heterocycles. The molecule has 4 nitrogen and oxygen atoms in total. The Hall–Kier alpha value is -1.42. The van der Waals surface area contributed by atoms with E-state index < -0.39 is 0 Å². The van der Waals surface area contributed by atoms with Gasteiger partial charge in [-0.2, -0.15) is 0 Å². The number of hydrogen-bond donors (Lipinski definition) is 3. The molecule has 0 aliphatic rings. The van der Waals surface area contributed by atoms with Gasteiger partial charge >= 0.3 is 0 Å². The number of aliphatic hydroxyl groups is 1. The van der Waals surface area contributed by atoms with Crippen LogP contribution in [0, 0.1) is 0 Å². The molecule has 0 saturated carbocycles. The largest absolute Gasteiger partial charge is 0.491 e. The van der Waals surface area contributed by atoms with E-state index in [1.165, 1.54) is 0 Å². The Labute approximate surface area is 109 Å². The third-order valence-corrected chi connectivity index (χ3v) is 2.64. The van der Waals surface area contributed by atoms with E-state index in [2.05, 4.69) is 12.2 Å². The van der Waals surface area contributed by atoms with Crippen molar-refractivity contribution in [1.29, 1.82) is 0 Å². The average Bonchev–Trinajstić information content (AvgIpc) is 2.34. The van der Waals surface area contributed by atoms with Crippen LogP contribution in [0.3, 0.4) is 0 Å². The number of benzene rings is 1. The second-order valence-corrected chi connectivity index (χ2v) is 4.48. The zero-order chi connectivity index (χ0) is 13.4. The van der Waals surface area contributed by atoms with Gasteiger partial charge < -0.3 is 20.9 Å². The summed E-state index contributed by atoms with van der Waals surface area (Å²) in [6, 6.07) is 5.75. The molecule has 18 heavy (non-hydrogen) atoms. The van der Waals surface area contributed by atoms with Gasteiger partial charge in [-0.25, -0.2) is 0 Å². The lowest BCUT2D eigenvalue weighted by atomic mass is 10.2. The quantitative estimate of drug-likeness (QED) is 0.491. The lowest BCUT2D eigenvalue weighted by Gasteiger charge is -2.13. The number of hydrogen-bond acceptors (Lipinski definition) is 4. The van der Waals surface area contributed by atoms with Crippen molar-refractivity contribution in [2.75, 3.05) is 24.2 Å². The van der Waals surface area contributed by atoms with Gasteiger partial charge in [-0.3, -0.25) is 0 Å². The Morgan fingerprint density at radius 1 is 1.44 bits per heavy atom. The van der Waals surface area contributed by atoms with E-state index in [-0.39, 0.29) is 6.10 Å². The van der Waals surface area contributed by atoms with Crippen LogP contribution in [-0.4, -0.2) is 24.4 Å². The van der Waals surface area contributed by atoms with E-state index in [1.807, 2.05) is 18.2 Å². The highest BCUT2D eigenvalue weighted by molar-refractivity contribution is 5.72. The summed E-state index contributed by atoms with van der Waals surface area (Å²) in [4.78, 5) is 0. The fourth-order valence-corrected chi connectivity index (χ4v) is 1.66. The molecular formula is C14H24N2O2. The van der Waals surface area contributed by atoms with Gasteiger partial charge in [-0.1, -0.05) is 13.0 Å². The maximum Gasteiger partial charge on any atom is 0.144 e. The Bertz CT molecular complexity index is 354. The molecule has 102 valence electrons. The van der Waals surface area contributed by atoms with Crippen molar-refractivity contribution in [1.82, 2.24) is 0 Å². The van der Waals surface area contributed by atoms with Gasteiger partial charge in [0, 0.05) is 6.54 Å². The van der Waals surface area contributed by atoms with Gasteiger partial charge in [0.15, 0.2) is 0 Å². The van der Waals surface area contributed by atoms with Crippen LogP contribution < -0.4 is 15.8 Å². The second-order valence-electron chi connectivity index (χ2n) is 4.48. The van der Waals surface area contributed by atoms with E-state index in [0.717, 1.165) is 37.2 Å². The van der Waals surface area contributed by atoms with Gasteiger partial charge in [-0.05, 0) is 38.3 Å². The molecule has 1 rings (SSSR count). The van der Waals surface area contributed by atoms with Crippen molar-refractivity contribution in [3.05, 3.63) is 18.2 Å². The minimum atomic E-state index is -0.247. The Kier molecular flexibility index (Phi) is 6.36. The molecule has 1 aromatic carbocycles. The van der Waals surface area contributed by atoms with Gasteiger partial charge in [0.25, 0.3) is 0 Å². The van der Waals surface area contributed by atoms with Crippen LogP contribution in [0.1, 0.15) is 33.1 Å². The molecule has 0 heterocycles. The van der Waals surface area contributed by atoms with Crippen molar-refractivity contribution in [2.24, 2.45) is 0 Å². The van der Waals surface area contributed by atoms with E-state index in [0.29, 0.717) is 12.3 Å². The van der Waals surface area contributed by atoms with Gasteiger partial charge in [0.05, 0.1) is 24.1 Å². The fraction of sp³-hybridized carbons (Fsp3) is 0.571. The fourth-order valence-electron chi connectivity index (χ4n) is 1.66. The molecule has 0 spiro atoms. The number of nitrogens with two attached hydrogens (primary N) is 1. The Morgan fingerprint density at radius 3 is 2.89 bits per heavy atom. The summed E-state index contributed by atoms with van der Waals surface area (Å²) in [5.41, 5.74) is 7.58. The first-order valence-electron chi connectivity index (χ1n) is 6.58. The zero-order valence-electron chi connectivity index (χ0n) is 11.3. The SMILES string of the molecule is CCCOc1cccc(NCCCC(C)O)c1N. The normalized spacial score (nSPS) is 12.2. The molecule has 1 aromatic rings. The van der Waals surface area contributed by atoms with Crippen LogP contribution >= 0.6 is 0 Å². The van der Waals surface area contributed by atoms with Crippen LogP contribution in [0.25, 0.3) is 0 Å². The topological polar surface area (TPSA) is 67.5 Å². The minimum absolute atomic E-state index is 0.247. The van der Waals surface area contributed by atoms with E-state index >= 15 is 0 Å². The number of rotatable bonds is 8. The molecule has 0 bridgehead atoms. The number of ether oxygens (including phenoxy) is 1. The standard InChI is InChI=1S/C14H24N2O2/c1-3-10-18-13-8-4-7-12(14(13)15)16-9-5-6-11(2)17/h4,7-8,11,16-17H,3,5-6,9-10,15H2,1-2H3. The minimum Gasteiger partial charge on any atom is -0.491 e.